The van der Waals surface area contributed by atoms with Crippen molar-refractivity contribution in [1.82, 2.24) is 0 Å². The molecular weight excluding hydrogens is 384 g/mol. The minimum absolute atomic E-state index is 0.0240. The predicted molar refractivity (Wildman–Crippen MR) is 94.4 cm³/mol. The second kappa shape index (κ2) is 7.84. The van der Waals surface area contributed by atoms with E-state index < -0.39 is 18.1 Å². The molecule has 0 unspecified atom stereocenters. The third-order valence-corrected chi connectivity index (χ3v) is 5.06. The Hall–Kier alpha value is -2.45. The molecule has 1 saturated carbocycles. The molecule has 0 spiro atoms. The minimum atomic E-state index is -1.59. The number of hydrogen-bond acceptors (Lipinski definition) is 7. The smallest absolute Gasteiger partial charge is 0.503 e. The molecule has 0 amide bonds. The van der Waals surface area contributed by atoms with Crippen molar-refractivity contribution < 1.29 is 34.0 Å². The maximum atomic E-state index is 12.1. The normalized spacial score (nSPS) is 14.2. The zero-order valence-electron chi connectivity index (χ0n) is 13.4. The quantitative estimate of drug-likeness (QED) is 0.674. The fourth-order valence-electron chi connectivity index (χ4n) is 2.72. The Kier molecular flexibility index (Phi) is 5.53. The van der Waals surface area contributed by atoms with Gasteiger partial charge in [-0.15, -0.1) is 0 Å². The average molecular weight is 399 g/mol. The second-order valence-corrected chi connectivity index (χ2v) is 7.03. The number of ether oxygens (including phenoxy) is 3. The minimum Gasteiger partial charge on any atom is -0.503 e. The molecule has 2 N–H and O–H groups in total. The van der Waals surface area contributed by atoms with E-state index in [4.69, 9.17) is 26.2 Å². The molecule has 0 aliphatic heterocycles. The number of carbonyl (C=O) groups excluding carboxylic acids is 1. The number of thiophene rings is 1. The lowest BCUT2D eigenvalue weighted by Crippen LogP contribution is -2.17. The summed E-state index contributed by atoms with van der Waals surface area (Å²) < 4.78 is 15.0. The van der Waals surface area contributed by atoms with E-state index in [1.54, 1.807) is 24.3 Å². The molecule has 7 nitrogen and oxygen atoms in total. The monoisotopic (exact) mass is 398 g/mol. The summed E-state index contributed by atoms with van der Waals surface area (Å²) in [5.74, 6) is -0.441. The SMILES string of the molecule is O=C(O)Oc1sc(OC(=O)OC2CCCC2)c(-c2ccc(Cl)cc2)c1O. The van der Waals surface area contributed by atoms with Gasteiger partial charge in [0.15, 0.2) is 5.75 Å². The molecule has 0 radical (unpaired) electrons. The highest BCUT2D eigenvalue weighted by molar-refractivity contribution is 7.16. The van der Waals surface area contributed by atoms with Gasteiger partial charge in [0.1, 0.15) is 6.10 Å². The summed E-state index contributed by atoms with van der Waals surface area (Å²) in [5.41, 5.74) is 0.610. The molecule has 1 aliphatic rings. The molecule has 0 bridgehead atoms. The second-order valence-electron chi connectivity index (χ2n) is 5.65. The Bertz CT molecular complexity index is 809. The molecule has 9 heteroatoms. The molecule has 2 aromatic rings. The number of hydrogen-bond donors (Lipinski definition) is 2. The number of carboxylic acid groups (broad SMARTS) is 1. The lowest BCUT2D eigenvalue weighted by molar-refractivity contribution is 0.0623. The third-order valence-electron chi connectivity index (χ3n) is 3.87. The summed E-state index contributed by atoms with van der Waals surface area (Å²) in [6, 6.07) is 6.38. The van der Waals surface area contributed by atoms with Gasteiger partial charge in [0.05, 0.1) is 5.56 Å². The summed E-state index contributed by atoms with van der Waals surface area (Å²) in [4.78, 5) is 22.8. The van der Waals surface area contributed by atoms with Gasteiger partial charge in [-0.2, -0.15) is 0 Å². The first-order valence-electron chi connectivity index (χ1n) is 7.85. The van der Waals surface area contributed by atoms with E-state index in [0.717, 1.165) is 25.7 Å². The van der Waals surface area contributed by atoms with Gasteiger partial charge in [0.25, 0.3) is 0 Å². The van der Waals surface area contributed by atoms with Crippen LogP contribution in [0.15, 0.2) is 24.3 Å². The van der Waals surface area contributed by atoms with E-state index in [9.17, 15) is 14.7 Å². The molecule has 1 aromatic heterocycles. The Morgan fingerprint density at radius 1 is 1.08 bits per heavy atom. The number of carbonyl (C=O) groups is 2. The fraction of sp³-hybridized carbons (Fsp3) is 0.294. The summed E-state index contributed by atoms with van der Waals surface area (Å²) in [7, 11) is 0. The van der Waals surface area contributed by atoms with E-state index in [0.29, 0.717) is 21.9 Å². The highest BCUT2D eigenvalue weighted by atomic mass is 35.5. The first-order valence-corrected chi connectivity index (χ1v) is 9.04. The average Bonchev–Trinajstić information content (AvgIpc) is 3.17. The van der Waals surface area contributed by atoms with Crippen LogP contribution in [0, 0.1) is 0 Å². The summed E-state index contributed by atoms with van der Waals surface area (Å²) in [6.07, 6.45) is 0.850. The Labute approximate surface area is 157 Å². The van der Waals surface area contributed by atoms with Crippen molar-refractivity contribution in [2.24, 2.45) is 0 Å². The largest absolute Gasteiger partial charge is 0.514 e. The van der Waals surface area contributed by atoms with Crippen molar-refractivity contribution in [3.8, 4) is 27.0 Å². The lowest BCUT2D eigenvalue weighted by Gasteiger charge is -2.11. The summed E-state index contributed by atoms with van der Waals surface area (Å²) in [5, 5.41) is 19.3. The van der Waals surface area contributed by atoms with Gasteiger partial charge in [-0.05, 0) is 43.4 Å². The number of halogens is 1. The standard InChI is InChI=1S/C17H15ClO7S/c18-10-7-5-9(6-8-10)12-13(19)15(24-16(20)21)26-14(12)25-17(22)23-11-3-1-2-4-11/h5-8,11,19H,1-4H2,(H,20,21). The maximum absolute atomic E-state index is 12.1. The van der Waals surface area contributed by atoms with Crippen LogP contribution in [0.25, 0.3) is 11.1 Å². The molecule has 1 aliphatic carbocycles. The highest BCUT2D eigenvalue weighted by Crippen LogP contribution is 2.52. The van der Waals surface area contributed by atoms with Crippen molar-refractivity contribution in [2.75, 3.05) is 0 Å². The van der Waals surface area contributed by atoms with E-state index in [2.05, 4.69) is 4.74 Å². The topological polar surface area (TPSA) is 102 Å². The molecule has 0 saturated heterocycles. The zero-order valence-corrected chi connectivity index (χ0v) is 15.0. The molecule has 1 heterocycles. The fourth-order valence-corrected chi connectivity index (χ4v) is 3.75. The number of benzene rings is 1. The summed E-state index contributed by atoms with van der Waals surface area (Å²) in [6.45, 7) is 0. The van der Waals surface area contributed by atoms with Crippen LogP contribution in [0.2, 0.25) is 5.02 Å². The van der Waals surface area contributed by atoms with Crippen LogP contribution in [-0.4, -0.2) is 28.6 Å². The van der Waals surface area contributed by atoms with Crippen molar-refractivity contribution in [2.45, 2.75) is 31.8 Å². The van der Waals surface area contributed by atoms with Crippen LogP contribution in [0.5, 0.6) is 15.9 Å². The van der Waals surface area contributed by atoms with Gasteiger partial charge in [-0.25, -0.2) is 9.59 Å². The first kappa shape index (κ1) is 18.3. The lowest BCUT2D eigenvalue weighted by atomic mass is 10.1. The van der Waals surface area contributed by atoms with Crippen LogP contribution in [-0.2, 0) is 4.74 Å². The van der Waals surface area contributed by atoms with Crippen molar-refractivity contribution in [3.05, 3.63) is 29.3 Å². The first-order chi connectivity index (χ1) is 12.4. The number of rotatable bonds is 4. The molecule has 1 fully saturated rings. The zero-order chi connectivity index (χ0) is 18.7. The van der Waals surface area contributed by atoms with Crippen LogP contribution in [0.4, 0.5) is 9.59 Å². The Balaban J connectivity index is 1.89. The third kappa shape index (κ3) is 4.20. The molecule has 138 valence electrons. The van der Waals surface area contributed by atoms with Gasteiger partial charge in [-0.3, -0.25) is 0 Å². The Morgan fingerprint density at radius 2 is 1.73 bits per heavy atom. The molecular formula is C17H15ClO7S. The van der Waals surface area contributed by atoms with Crippen LogP contribution >= 0.6 is 22.9 Å². The highest BCUT2D eigenvalue weighted by Gasteiger charge is 2.27. The molecule has 3 rings (SSSR count). The van der Waals surface area contributed by atoms with Crippen LogP contribution in [0.1, 0.15) is 25.7 Å². The van der Waals surface area contributed by atoms with E-state index in [-0.39, 0.29) is 21.8 Å². The van der Waals surface area contributed by atoms with Crippen LogP contribution < -0.4 is 9.47 Å². The molecule has 0 atom stereocenters. The van der Waals surface area contributed by atoms with Crippen molar-refractivity contribution in [1.29, 1.82) is 0 Å². The predicted octanol–water partition coefficient (Wildman–Crippen LogP) is 5.29. The molecule has 1 aromatic carbocycles. The Morgan fingerprint density at radius 3 is 2.35 bits per heavy atom. The molecule has 26 heavy (non-hydrogen) atoms. The van der Waals surface area contributed by atoms with E-state index >= 15 is 0 Å². The van der Waals surface area contributed by atoms with E-state index in [1.165, 1.54) is 0 Å². The van der Waals surface area contributed by atoms with Gasteiger partial charge in [-0.1, -0.05) is 35.1 Å². The van der Waals surface area contributed by atoms with E-state index in [1.807, 2.05) is 0 Å². The van der Waals surface area contributed by atoms with Gasteiger partial charge < -0.3 is 24.4 Å². The maximum Gasteiger partial charge on any atom is 0.514 e. The van der Waals surface area contributed by atoms with Gasteiger partial charge >= 0.3 is 12.3 Å². The number of aromatic hydroxyl groups is 1. The van der Waals surface area contributed by atoms with Gasteiger partial charge in [0, 0.05) is 5.02 Å². The van der Waals surface area contributed by atoms with Crippen molar-refractivity contribution in [3.63, 3.8) is 0 Å². The summed E-state index contributed by atoms with van der Waals surface area (Å²) >= 11 is 6.56. The van der Waals surface area contributed by atoms with Crippen molar-refractivity contribution >= 4 is 35.2 Å². The van der Waals surface area contributed by atoms with Gasteiger partial charge in [0.2, 0.25) is 10.1 Å². The van der Waals surface area contributed by atoms with Crippen LogP contribution in [0.3, 0.4) is 0 Å².